The van der Waals surface area contributed by atoms with Crippen molar-refractivity contribution in [3.8, 4) is 0 Å². The van der Waals surface area contributed by atoms with E-state index in [1.807, 2.05) is 0 Å². The van der Waals surface area contributed by atoms with E-state index in [-0.39, 0.29) is 0 Å². The fraction of sp³-hybridized carbons (Fsp3) is 0.833. The molecule has 1 aliphatic rings. The van der Waals surface area contributed by atoms with Crippen molar-refractivity contribution in [2.75, 3.05) is 13.1 Å². The molecule has 2 heteroatoms. The second kappa shape index (κ2) is 2.78. The molecule has 0 aliphatic carbocycles. The molecular weight excluding hydrogens is 138 g/mol. The molecule has 0 radical (unpaired) electrons. The van der Waals surface area contributed by atoms with Gasteiger partial charge in [0.2, 0.25) is 0 Å². The summed E-state index contributed by atoms with van der Waals surface area (Å²) in [6.07, 6.45) is 2.75. The van der Waals surface area contributed by atoms with Crippen molar-refractivity contribution < 1.29 is 15.9 Å². The van der Waals surface area contributed by atoms with Crippen LogP contribution >= 0.6 is 0 Å². The quantitative estimate of drug-likeness (QED) is 0.532. The Hall–Kier alpha value is 0.362. The molecule has 0 amide bonds. The van der Waals surface area contributed by atoms with Gasteiger partial charge in [-0.25, -0.2) is 0 Å². The summed E-state index contributed by atoms with van der Waals surface area (Å²) >= 11 is 3.02. The van der Waals surface area contributed by atoms with Crippen LogP contribution in [0.1, 0.15) is 19.8 Å². The van der Waals surface area contributed by atoms with Gasteiger partial charge in [0, 0.05) is 0 Å². The number of likely N-dealkylation sites (tertiary alicyclic amines) is 1. The summed E-state index contributed by atoms with van der Waals surface area (Å²) in [4.78, 5) is 2.39. The summed E-state index contributed by atoms with van der Waals surface area (Å²) in [6.45, 7) is 4.66. The number of hydrogen-bond acceptors (Lipinski definition) is 1. The van der Waals surface area contributed by atoms with E-state index in [9.17, 15) is 0 Å². The van der Waals surface area contributed by atoms with Crippen LogP contribution in [0.4, 0.5) is 0 Å². The van der Waals surface area contributed by atoms with E-state index < -0.39 is 0 Å². The van der Waals surface area contributed by atoms with Gasteiger partial charge in [-0.2, -0.15) is 0 Å². The molecule has 0 N–H and O–H groups in total. The average molecular weight is 149 g/mol. The van der Waals surface area contributed by atoms with Gasteiger partial charge in [0.1, 0.15) is 0 Å². The van der Waals surface area contributed by atoms with Crippen LogP contribution in [0.3, 0.4) is 0 Å². The van der Waals surface area contributed by atoms with Gasteiger partial charge in [-0.05, 0) is 0 Å². The molecule has 1 aliphatic heterocycles. The van der Waals surface area contributed by atoms with Crippen molar-refractivity contribution >= 4 is 4.50 Å². The average Bonchev–Trinajstić information content (AvgIpc) is 2.12. The minimum absolute atomic E-state index is 1.26. The summed E-state index contributed by atoms with van der Waals surface area (Å²) in [7, 11) is 0. The van der Waals surface area contributed by atoms with Gasteiger partial charge < -0.3 is 0 Å². The Balaban J connectivity index is 2.35. The zero-order chi connectivity index (χ0) is 5.98. The van der Waals surface area contributed by atoms with Crippen molar-refractivity contribution in [2.24, 2.45) is 0 Å². The van der Waals surface area contributed by atoms with Gasteiger partial charge in [-0.15, -0.1) is 0 Å². The van der Waals surface area contributed by atoms with Crippen LogP contribution in [0.2, 0.25) is 0 Å². The molecule has 0 saturated carbocycles. The maximum atomic E-state index is 3.02. The molecule has 0 unspecified atom stereocenters. The van der Waals surface area contributed by atoms with E-state index in [2.05, 4.69) is 27.7 Å². The van der Waals surface area contributed by atoms with Crippen molar-refractivity contribution in [3.05, 3.63) is 0 Å². The number of nitrogens with zero attached hydrogens (tertiary/aromatic N) is 1. The van der Waals surface area contributed by atoms with Gasteiger partial charge in [-0.3, -0.25) is 0 Å². The van der Waals surface area contributed by atoms with Crippen LogP contribution in [-0.2, 0) is 15.9 Å². The molecule has 46 valence electrons. The van der Waals surface area contributed by atoms with Crippen molar-refractivity contribution in [2.45, 2.75) is 19.8 Å². The Morgan fingerprint density at radius 2 is 1.88 bits per heavy atom. The molecule has 0 atom stereocenters. The molecule has 0 bridgehead atoms. The first-order valence-corrected chi connectivity index (χ1v) is 3.70. The molecule has 0 aromatic carbocycles. The molecule has 1 nitrogen and oxygen atoms in total. The third-order valence-corrected chi connectivity index (χ3v) is 1.95. The first kappa shape index (κ1) is 6.48. The SMILES string of the molecule is C[C](=[Cr])N1CCCC1. The summed E-state index contributed by atoms with van der Waals surface area (Å²) in [5, 5.41) is 0. The van der Waals surface area contributed by atoms with Crippen molar-refractivity contribution in [3.63, 3.8) is 0 Å². The molecule has 0 aromatic rings. The Morgan fingerprint density at radius 1 is 1.38 bits per heavy atom. The standard InChI is InChI=1S/C6H11N.Cr/c1-2-7-5-3-4-6-7;/h3-6H2,1H3;. The molecule has 1 heterocycles. The zero-order valence-electron chi connectivity index (χ0n) is 5.18. The van der Waals surface area contributed by atoms with Crippen LogP contribution < -0.4 is 0 Å². The summed E-state index contributed by atoms with van der Waals surface area (Å²) in [5.41, 5.74) is 0. The van der Waals surface area contributed by atoms with E-state index in [0.717, 1.165) is 0 Å². The zero-order valence-corrected chi connectivity index (χ0v) is 6.46. The van der Waals surface area contributed by atoms with Crippen LogP contribution in [0.5, 0.6) is 0 Å². The van der Waals surface area contributed by atoms with E-state index in [0.29, 0.717) is 0 Å². The summed E-state index contributed by atoms with van der Waals surface area (Å²) in [6, 6.07) is 0. The molecule has 1 fully saturated rings. The van der Waals surface area contributed by atoms with E-state index >= 15 is 0 Å². The van der Waals surface area contributed by atoms with Gasteiger partial charge in [0.25, 0.3) is 0 Å². The van der Waals surface area contributed by atoms with E-state index in [1.54, 1.807) is 0 Å². The third kappa shape index (κ3) is 1.42. The molecule has 1 rings (SSSR count). The Morgan fingerprint density at radius 3 is 2.12 bits per heavy atom. The number of hydrogen-bond donors (Lipinski definition) is 0. The van der Waals surface area contributed by atoms with Crippen molar-refractivity contribution in [1.82, 2.24) is 4.90 Å². The second-order valence-electron chi connectivity index (χ2n) is 2.21. The van der Waals surface area contributed by atoms with Gasteiger partial charge in [0.05, 0.1) is 0 Å². The molecule has 0 aromatic heterocycles. The van der Waals surface area contributed by atoms with Crippen LogP contribution in [0.15, 0.2) is 0 Å². The monoisotopic (exact) mass is 149 g/mol. The predicted molar refractivity (Wildman–Crippen MR) is 31.5 cm³/mol. The first-order chi connectivity index (χ1) is 3.80. The van der Waals surface area contributed by atoms with Crippen LogP contribution in [0.25, 0.3) is 0 Å². The van der Waals surface area contributed by atoms with Gasteiger partial charge >= 0.3 is 58.1 Å². The maximum absolute atomic E-state index is 3.02. The Kier molecular flexibility index (Phi) is 2.25. The molecule has 1 saturated heterocycles. The van der Waals surface area contributed by atoms with Crippen LogP contribution in [-0.4, -0.2) is 22.5 Å². The minimum atomic E-state index is 1.26. The Bertz CT molecular complexity index is 94.7. The topological polar surface area (TPSA) is 3.24 Å². The number of rotatable bonds is 1. The Labute approximate surface area is 58.6 Å². The van der Waals surface area contributed by atoms with E-state index in [1.165, 1.54) is 30.4 Å². The van der Waals surface area contributed by atoms with Crippen molar-refractivity contribution in [1.29, 1.82) is 0 Å². The van der Waals surface area contributed by atoms with Gasteiger partial charge in [0.15, 0.2) is 0 Å². The van der Waals surface area contributed by atoms with E-state index in [4.69, 9.17) is 0 Å². The molecular formula is C6H11CrN. The van der Waals surface area contributed by atoms with Crippen LogP contribution in [0, 0.1) is 0 Å². The van der Waals surface area contributed by atoms with Gasteiger partial charge in [-0.1, -0.05) is 0 Å². The third-order valence-electron chi connectivity index (χ3n) is 1.55. The molecule has 0 spiro atoms. The normalized spacial score (nSPS) is 21.6. The fourth-order valence-corrected chi connectivity index (χ4v) is 1.32. The summed E-state index contributed by atoms with van der Waals surface area (Å²) in [5.74, 6) is 0. The predicted octanol–water partition coefficient (Wildman–Crippen LogP) is 0.779. The molecule has 8 heavy (non-hydrogen) atoms. The summed E-state index contributed by atoms with van der Waals surface area (Å²) < 4.78 is 1.35. The first-order valence-electron chi connectivity index (χ1n) is 3.06. The fourth-order valence-electron chi connectivity index (χ4n) is 1.03. The second-order valence-corrected chi connectivity index (χ2v) is 3.14.